The molecule has 112 valence electrons. The van der Waals surface area contributed by atoms with Crippen LogP contribution < -0.4 is 5.32 Å². The van der Waals surface area contributed by atoms with E-state index in [0.29, 0.717) is 25.2 Å². The Hall–Kier alpha value is -0.330. The molecule has 0 unspecified atom stereocenters. The van der Waals surface area contributed by atoms with Crippen LogP contribution in [-0.2, 0) is 0 Å². The molecule has 0 aromatic heterocycles. The summed E-state index contributed by atoms with van der Waals surface area (Å²) in [5.41, 5.74) is 0. The second-order valence-corrected chi connectivity index (χ2v) is 5.88. The lowest BCUT2D eigenvalue weighted by molar-refractivity contribution is -0.161. The first kappa shape index (κ1) is 15.1. The van der Waals surface area contributed by atoms with Gasteiger partial charge in [-0.25, -0.2) is 0 Å². The van der Waals surface area contributed by atoms with Gasteiger partial charge >= 0.3 is 6.18 Å². The standard InChI is InChI=1S/C13H24F3N3/c1-17-11-5-3-4-6-12(11)18(2)10-7-19(8-10)9-13(14,15)16/h10-12,17H,3-9H2,1-2H3/t11-,12-/m0/s1. The molecule has 2 fully saturated rings. The van der Waals surface area contributed by atoms with Crippen LogP contribution in [-0.4, -0.2) is 67.8 Å². The summed E-state index contributed by atoms with van der Waals surface area (Å²) in [5, 5.41) is 3.35. The first-order valence-electron chi connectivity index (χ1n) is 7.09. The molecular formula is C13H24F3N3. The van der Waals surface area contributed by atoms with Crippen molar-refractivity contribution in [1.82, 2.24) is 15.1 Å². The average molecular weight is 279 g/mol. The first-order chi connectivity index (χ1) is 8.90. The van der Waals surface area contributed by atoms with Crippen molar-refractivity contribution in [1.29, 1.82) is 0 Å². The largest absolute Gasteiger partial charge is 0.401 e. The minimum absolute atomic E-state index is 0.279. The second kappa shape index (κ2) is 5.97. The van der Waals surface area contributed by atoms with Gasteiger partial charge in [-0.05, 0) is 26.9 Å². The minimum atomic E-state index is -4.07. The van der Waals surface area contributed by atoms with Crippen molar-refractivity contribution in [2.75, 3.05) is 33.7 Å². The zero-order valence-corrected chi connectivity index (χ0v) is 11.7. The van der Waals surface area contributed by atoms with Crippen molar-refractivity contribution in [3.63, 3.8) is 0 Å². The van der Waals surface area contributed by atoms with E-state index in [1.54, 1.807) is 0 Å². The first-order valence-corrected chi connectivity index (χ1v) is 7.09. The van der Waals surface area contributed by atoms with Gasteiger partial charge in [0.1, 0.15) is 0 Å². The van der Waals surface area contributed by atoms with E-state index >= 15 is 0 Å². The second-order valence-electron chi connectivity index (χ2n) is 5.88. The highest BCUT2D eigenvalue weighted by Gasteiger charge is 2.41. The third kappa shape index (κ3) is 3.83. The smallest absolute Gasteiger partial charge is 0.315 e. The van der Waals surface area contributed by atoms with Gasteiger partial charge in [0.15, 0.2) is 0 Å². The fraction of sp³-hybridized carbons (Fsp3) is 1.00. The maximum atomic E-state index is 12.3. The SMILES string of the molecule is CN[C@H]1CCCC[C@@H]1N(C)C1CN(CC(F)(F)F)C1. The van der Waals surface area contributed by atoms with Gasteiger partial charge in [0.2, 0.25) is 0 Å². The Kier molecular flexibility index (Phi) is 4.74. The summed E-state index contributed by atoms with van der Waals surface area (Å²) in [6.07, 6.45) is 0.733. The maximum absolute atomic E-state index is 12.3. The summed E-state index contributed by atoms with van der Waals surface area (Å²) in [4.78, 5) is 3.78. The number of nitrogens with one attached hydrogen (secondary N) is 1. The summed E-state index contributed by atoms with van der Waals surface area (Å²) in [5.74, 6) is 0. The number of hydrogen-bond acceptors (Lipinski definition) is 3. The topological polar surface area (TPSA) is 18.5 Å². The molecule has 0 aromatic carbocycles. The van der Waals surface area contributed by atoms with Gasteiger partial charge in [-0.2, -0.15) is 13.2 Å². The van der Waals surface area contributed by atoms with E-state index in [0.717, 1.165) is 6.42 Å². The van der Waals surface area contributed by atoms with Crippen molar-refractivity contribution in [2.24, 2.45) is 0 Å². The molecule has 0 aromatic rings. The number of alkyl halides is 3. The van der Waals surface area contributed by atoms with Gasteiger partial charge in [-0.1, -0.05) is 12.8 Å². The molecule has 1 heterocycles. The predicted molar refractivity (Wildman–Crippen MR) is 69.1 cm³/mol. The molecule has 0 amide bonds. The number of likely N-dealkylation sites (N-methyl/N-ethyl adjacent to an activating group) is 2. The molecule has 2 atom stereocenters. The fourth-order valence-electron chi connectivity index (χ4n) is 3.39. The van der Waals surface area contributed by atoms with E-state index in [2.05, 4.69) is 17.3 Å². The molecule has 19 heavy (non-hydrogen) atoms. The van der Waals surface area contributed by atoms with E-state index in [1.807, 2.05) is 7.05 Å². The molecule has 0 bridgehead atoms. The molecule has 1 aliphatic carbocycles. The lowest BCUT2D eigenvalue weighted by Gasteiger charge is -2.49. The number of halogens is 3. The number of likely N-dealkylation sites (tertiary alicyclic amines) is 1. The zero-order valence-electron chi connectivity index (χ0n) is 11.7. The predicted octanol–water partition coefficient (Wildman–Crippen LogP) is 1.70. The Morgan fingerprint density at radius 2 is 1.84 bits per heavy atom. The highest BCUT2D eigenvalue weighted by molar-refractivity contribution is 4.95. The van der Waals surface area contributed by atoms with Crippen LogP contribution in [0.15, 0.2) is 0 Å². The molecular weight excluding hydrogens is 255 g/mol. The van der Waals surface area contributed by atoms with Gasteiger partial charge in [-0.3, -0.25) is 9.80 Å². The van der Waals surface area contributed by atoms with Crippen LogP contribution in [0.1, 0.15) is 25.7 Å². The number of nitrogens with zero attached hydrogens (tertiary/aromatic N) is 2. The van der Waals surface area contributed by atoms with Crippen LogP contribution >= 0.6 is 0 Å². The molecule has 0 radical (unpaired) electrons. The Labute approximate surface area is 113 Å². The van der Waals surface area contributed by atoms with Crippen LogP contribution in [0.3, 0.4) is 0 Å². The summed E-state index contributed by atoms with van der Waals surface area (Å²) in [6.45, 7) is 0.323. The van der Waals surface area contributed by atoms with Crippen molar-refractivity contribution in [3.05, 3.63) is 0 Å². The monoisotopic (exact) mass is 279 g/mol. The Morgan fingerprint density at radius 1 is 1.21 bits per heavy atom. The van der Waals surface area contributed by atoms with E-state index in [4.69, 9.17) is 0 Å². The molecule has 2 rings (SSSR count). The molecule has 2 aliphatic rings. The van der Waals surface area contributed by atoms with E-state index in [9.17, 15) is 13.2 Å². The lowest BCUT2D eigenvalue weighted by atomic mass is 9.88. The molecule has 0 spiro atoms. The molecule has 6 heteroatoms. The van der Waals surface area contributed by atoms with Crippen LogP contribution in [0.5, 0.6) is 0 Å². The van der Waals surface area contributed by atoms with Gasteiger partial charge in [-0.15, -0.1) is 0 Å². The van der Waals surface area contributed by atoms with Gasteiger partial charge in [0, 0.05) is 31.2 Å². The number of hydrogen-bond donors (Lipinski definition) is 1. The van der Waals surface area contributed by atoms with Gasteiger partial charge < -0.3 is 5.32 Å². The zero-order chi connectivity index (χ0) is 14.0. The Balaban J connectivity index is 1.80. The average Bonchev–Trinajstić information content (AvgIpc) is 2.31. The van der Waals surface area contributed by atoms with E-state index in [-0.39, 0.29) is 6.04 Å². The van der Waals surface area contributed by atoms with Gasteiger partial charge in [0.05, 0.1) is 6.54 Å². The molecule has 1 aliphatic heterocycles. The highest BCUT2D eigenvalue weighted by Crippen LogP contribution is 2.28. The summed E-state index contributed by atoms with van der Waals surface area (Å²) in [7, 11) is 4.05. The van der Waals surface area contributed by atoms with E-state index in [1.165, 1.54) is 24.2 Å². The van der Waals surface area contributed by atoms with Crippen molar-refractivity contribution < 1.29 is 13.2 Å². The Morgan fingerprint density at radius 3 is 2.42 bits per heavy atom. The maximum Gasteiger partial charge on any atom is 0.401 e. The quantitative estimate of drug-likeness (QED) is 0.845. The summed E-state index contributed by atoms with van der Waals surface area (Å²) in [6, 6.07) is 1.23. The van der Waals surface area contributed by atoms with Crippen LogP contribution in [0, 0.1) is 0 Å². The minimum Gasteiger partial charge on any atom is -0.315 e. The van der Waals surface area contributed by atoms with Crippen molar-refractivity contribution in [2.45, 2.75) is 50.0 Å². The van der Waals surface area contributed by atoms with Crippen LogP contribution in [0.25, 0.3) is 0 Å². The normalized spacial score (nSPS) is 30.6. The van der Waals surface area contributed by atoms with Crippen LogP contribution in [0.2, 0.25) is 0 Å². The summed E-state index contributed by atoms with van der Waals surface area (Å²) >= 11 is 0. The molecule has 1 saturated heterocycles. The van der Waals surface area contributed by atoms with Crippen molar-refractivity contribution in [3.8, 4) is 0 Å². The molecule has 1 saturated carbocycles. The lowest BCUT2D eigenvalue weighted by Crippen LogP contribution is -2.64. The summed E-state index contributed by atoms with van der Waals surface area (Å²) < 4.78 is 36.8. The fourth-order valence-corrected chi connectivity index (χ4v) is 3.39. The third-order valence-corrected chi connectivity index (χ3v) is 4.54. The highest BCUT2D eigenvalue weighted by atomic mass is 19.4. The van der Waals surface area contributed by atoms with Crippen LogP contribution in [0.4, 0.5) is 13.2 Å². The Bertz CT molecular complexity index is 289. The van der Waals surface area contributed by atoms with E-state index < -0.39 is 12.7 Å². The molecule has 3 nitrogen and oxygen atoms in total. The molecule has 1 N–H and O–H groups in total. The van der Waals surface area contributed by atoms with Crippen molar-refractivity contribution >= 4 is 0 Å². The number of rotatable bonds is 4. The third-order valence-electron chi connectivity index (χ3n) is 4.54. The van der Waals surface area contributed by atoms with Gasteiger partial charge in [0.25, 0.3) is 0 Å².